The maximum absolute atomic E-state index is 12.7. The molecule has 0 bridgehead atoms. The Hall–Kier alpha value is -1.55. The van der Waals surface area contributed by atoms with Crippen molar-refractivity contribution in [2.75, 3.05) is 37.7 Å². The molecule has 4 heteroatoms. The van der Waals surface area contributed by atoms with Crippen molar-refractivity contribution in [1.82, 2.24) is 4.90 Å². The Kier molecular flexibility index (Phi) is 6.80. The molecule has 2 fully saturated rings. The third-order valence-electron chi connectivity index (χ3n) is 6.38. The highest BCUT2D eigenvalue weighted by atomic mass is 16.5. The summed E-state index contributed by atoms with van der Waals surface area (Å²) in [4.78, 5) is 17.0. The number of carbonyl (C=O) groups excluding carboxylic acids is 1. The van der Waals surface area contributed by atoms with Crippen molar-refractivity contribution in [1.29, 1.82) is 0 Å². The van der Waals surface area contributed by atoms with Crippen LogP contribution in [0.4, 0.5) is 5.69 Å². The predicted molar refractivity (Wildman–Crippen MR) is 111 cm³/mol. The molecule has 1 aromatic carbocycles. The number of anilines is 1. The van der Waals surface area contributed by atoms with E-state index < -0.39 is 0 Å². The summed E-state index contributed by atoms with van der Waals surface area (Å²) < 4.78 is 6.16. The number of amides is 1. The fourth-order valence-electron chi connectivity index (χ4n) is 4.61. The van der Waals surface area contributed by atoms with E-state index in [-0.39, 0.29) is 18.6 Å². The average Bonchev–Trinajstić information content (AvgIpc) is 2.66. The van der Waals surface area contributed by atoms with Crippen LogP contribution in [-0.4, -0.2) is 49.7 Å². The SMILES string of the molecule is Cc1cccc(N2CCN(C(=O)CO[C@@H]3C[C@H](C)CC[C@@H]3C(C)C)CC2)c1. The third-order valence-corrected chi connectivity index (χ3v) is 6.38. The van der Waals surface area contributed by atoms with Crippen LogP contribution in [0.25, 0.3) is 0 Å². The summed E-state index contributed by atoms with van der Waals surface area (Å²) in [5, 5.41) is 0. The quantitative estimate of drug-likeness (QED) is 0.779. The van der Waals surface area contributed by atoms with Gasteiger partial charge in [0.05, 0.1) is 6.10 Å². The van der Waals surface area contributed by atoms with Crippen molar-refractivity contribution in [3.63, 3.8) is 0 Å². The van der Waals surface area contributed by atoms with Crippen LogP contribution in [0.2, 0.25) is 0 Å². The number of aryl methyl sites for hydroxylation is 1. The standard InChI is InChI=1S/C23H36N2O2/c1-17(2)21-9-8-19(4)15-22(21)27-16-23(26)25-12-10-24(11-13-25)20-7-5-6-18(3)14-20/h5-7,14,17,19,21-22H,8-13,15-16H2,1-4H3/t19-,21-,22-/m1/s1. The lowest BCUT2D eigenvalue weighted by Crippen LogP contribution is -2.50. The number of hydrogen-bond donors (Lipinski definition) is 0. The van der Waals surface area contributed by atoms with E-state index in [2.05, 4.69) is 56.9 Å². The molecule has 1 aromatic rings. The number of rotatable bonds is 5. The monoisotopic (exact) mass is 372 g/mol. The minimum absolute atomic E-state index is 0.152. The maximum atomic E-state index is 12.7. The molecule has 0 N–H and O–H groups in total. The molecule has 2 aliphatic rings. The molecule has 3 atom stereocenters. The predicted octanol–water partition coefficient (Wildman–Crippen LogP) is 4.12. The van der Waals surface area contributed by atoms with Crippen molar-refractivity contribution < 1.29 is 9.53 Å². The van der Waals surface area contributed by atoms with E-state index in [1.807, 2.05) is 4.90 Å². The maximum Gasteiger partial charge on any atom is 0.248 e. The molecule has 1 saturated carbocycles. The van der Waals surface area contributed by atoms with Gasteiger partial charge in [0, 0.05) is 31.9 Å². The lowest BCUT2D eigenvalue weighted by Gasteiger charge is -2.38. The van der Waals surface area contributed by atoms with Gasteiger partial charge in [-0.15, -0.1) is 0 Å². The summed E-state index contributed by atoms with van der Waals surface area (Å²) in [6.45, 7) is 12.6. The van der Waals surface area contributed by atoms with Crippen molar-refractivity contribution in [3.05, 3.63) is 29.8 Å². The summed E-state index contributed by atoms with van der Waals surface area (Å²) in [7, 11) is 0. The van der Waals surface area contributed by atoms with Gasteiger partial charge in [0.25, 0.3) is 0 Å². The summed E-state index contributed by atoms with van der Waals surface area (Å²) in [5.41, 5.74) is 2.54. The molecule has 27 heavy (non-hydrogen) atoms. The van der Waals surface area contributed by atoms with Gasteiger partial charge < -0.3 is 14.5 Å². The lowest BCUT2D eigenvalue weighted by atomic mass is 9.75. The Morgan fingerprint density at radius 3 is 2.59 bits per heavy atom. The van der Waals surface area contributed by atoms with Crippen LogP contribution in [0.15, 0.2) is 24.3 Å². The Bertz CT molecular complexity index is 623. The second-order valence-electron chi connectivity index (χ2n) is 8.88. The largest absolute Gasteiger partial charge is 0.368 e. The molecule has 150 valence electrons. The number of hydrogen-bond acceptors (Lipinski definition) is 3. The molecule has 1 heterocycles. The van der Waals surface area contributed by atoms with Crippen LogP contribution in [0.1, 0.15) is 45.6 Å². The van der Waals surface area contributed by atoms with Crippen molar-refractivity contribution in [3.8, 4) is 0 Å². The molecule has 3 rings (SSSR count). The van der Waals surface area contributed by atoms with Crippen LogP contribution in [0.3, 0.4) is 0 Å². The highest BCUT2D eigenvalue weighted by molar-refractivity contribution is 5.77. The van der Waals surface area contributed by atoms with Gasteiger partial charge in [0.1, 0.15) is 6.61 Å². The van der Waals surface area contributed by atoms with Crippen molar-refractivity contribution in [2.45, 2.75) is 53.1 Å². The normalized spacial score (nSPS) is 26.5. The smallest absolute Gasteiger partial charge is 0.248 e. The van der Waals surface area contributed by atoms with E-state index in [4.69, 9.17) is 4.74 Å². The first-order chi connectivity index (χ1) is 12.9. The Labute approximate surface area is 164 Å². The third kappa shape index (κ3) is 5.25. The van der Waals surface area contributed by atoms with Crippen LogP contribution < -0.4 is 4.90 Å². The van der Waals surface area contributed by atoms with E-state index in [0.717, 1.165) is 32.6 Å². The zero-order valence-corrected chi connectivity index (χ0v) is 17.5. The minimum Gasteiger partial charge on any atom is -0.368 e. The zero-order valence-electron chi connectivity index (χ0n) is 17.5. The van der Waals surface area contributed by atoms with Crippen LogP contribution >= 0.6 is 0 Å². The fraction of sp³-hybridized carbons (Fsp3) is 0.696. The second-order valence-corrected chi connectivity index (χ2v) is 8.88. The van der Waals surface area contributed by atoms with Gasteiger partial charge in [-0.1, -0.05) is 39.3 Å². The molecule has 1 aliphatic heterocycles. The van der Waals surface area contributed by atoms with Crippen molar-refractivity contribution >= 4 is 11.6 Å². The minimum atomic E-state index is 0.152. The summed E-state index contributed by atoms with van der Waals surface area (Å²) in [6, 6.07) is 8.60. The van der Waals surface area contributed by atoms with Crippen LogP contribution in [0, 0.1) is 24.7 Å². The van der Waals surface area contributed by atoms with Gasteiger partial charge in [-0.05, 0) is 55.2 Å². The Morgan fingerprint density at radius 1 is 1.19 bits per heavy atom. The molecule has 1 aliphatic carbocycles. The molecule has 1 saturated heterocycles. The van der Waals surface area contributed by atoms with Gasteiger partial charge in [-0.2, -0.15) is 0 Å². The molecule has 0 spiro atoms. The summed E-state index contributed by atoms with van der Waals surface area (Å²) in [5.74, 6) is 2.07. The number of benzene rings is 1. The number of ether oxygens (including phenoxy) is 1. The van der Waals surface area contributed by atoms with E-state index in [1.54, 1.807) is 0 Å². The Balaban J connectivity index is 1.48. The molecular weight excluding hydrogens is 336 g/mol. The first-order valence-corrected chi connectivity index (χ1v) is 10.6. The summed E-state index contributed by atoms with van der Waals surface area (Å²) >= 11 is 0. The topological polar surface area (TPSA) is 32.8 Å². The molecule has 0 aromatic heterocycles. The van der Waals surface area contributed by atoms with Gasteiger partial charge in [0.15, 0.2) is 0 Å². The average molecular weight is 373 g/mol. The first-order valence-electron chi connectivity index (χ1n) is 10.6. The first kappa shape index (κ1) is 20.2. The number of piperazine rings is 1. The highest BCUT2D eigenvalue weighted by Crippen LogP contribution is 2.35. The second kappa shape index (κ2) is 9.09. The van der Waals surface area contributed by atoms with Crippen molar-refractivity contribution in [2.24, 2.45) is 17.8 Å². The van der Waals surface area contributed by atoms with Gasteiger partial charge in [0.2, 0.25) is 5.91 Å². The molecule has 0 radical (unpaired) electrons. The zero-order chi connectivity index (χ0) is 19.4. The van der Waals surface area contributed by atoms with Gasteiger partial charge in [-0.25, -0.2) is 0 Å². The highest BCUT2D eigenvalue weighted by Gasteiger charge is 2.32. The number of nitrogens with zero attached hydrogens (tertiary/aromatic N) is 2. The van der Waals surface area contributed by atoms with Gasteiger partial charge >= 0.3 is 0 Å². The van der Waals surface area contributed by atoms with Gasteiger partial charge in [-0.3, -0.25) is 4.79 Å². The lowest BCUT2D eigenvalue weighted by molar-refractivity contribution is -0.141. The van der Waals surface area contributed by atoms with Crippen LogP contribution in [-0.2, 0) is 9.53 Å². The summed E-state index contributed by atoms with van der Waals surface area (Å²) in [6.07, 6.45) is 3.85. The molecular formula is C23H36N2O2. The van der Waals surface area contributed by atoms with E-state index in [0.29, 0.717) is 17.8 Å². The molecule has 4 nitrogen and oxygen atoms in total. The molecule has 1 amide bonds. The number of carbonyl (C=O) groups is 1. The van der Waals surface area contributed by atoms with E-state index in [1.165, 1.54) is 24.1 Å². The van der Waals surface area contributed by atoms with E-state index >= 15 is 0 Å². The fourth-order valence-corrected chi connectivity index (χ4v) is 4.61. The Morgan fingerprint density at radius 2 is 1.93 bits per heavy atom. The van der Waals surface area contributed by atoms with E-state index in [9.17, 15) is 4.79 Å². The molecule has 0 unspecified atom stereocenters. The van der Waals surface area contributed by atoms with Crippen LogP contribution in [0.5, 0.6) is 0 Å².